The molecule has 0 atom stereocenters. The SMILES string of the molecule is COc1ccc(N=C2c3ccccc3CN2c2ccc(OC)cc2)cc1. The molecule has 130 valence electrons. The van der Waals surface area contributed by atoms with Crippen LogP contribution in [0.25, 0.3) is 0 Å². The minimum atomic E-state index is 0.803. The zero-order valence-corrected chi connectivity index (χ0v) is 14.8. The van der Waals surface area contributed by atoms with Crippen LogP contribution in [0.2, 0.25) is 0 Å². The molecule has 1 heterocycles. The minimum absolute atomic E-state index is 0.803. The van der Waals surface area contributed by atoms with Crippen molar-refractivity contribution in [1.29, 1.82) is 0 Å². The molecule has 1 aliphatic heterocycles. The molecule has 0 bridgehead atoms. The standard InChI is InChI=1S/C22H20N2O2/c1-25-19-11-7-17(8-12-19)23-22-21-6-4-3-5-16(21)15-24(22)18-9-13-20(26-2)14-10-18/h3-14H,15H2,1-2H3. The molecular weight excluding hydrogens is 324 g/mol. The van der Waals surface area contributed by atoms with E-state index in [9.17, 15) is 0 Å². The van der Waals surface area contributed by atoms with E-state index in [0.717, 1.165) is 35.3 Å². The third-order valence-corrected chi connectivity index (χ3v) is 4.53. The molecule has 3 aromatic rings. The van der Waals surface area contributed by atoms with Gasteiger partial charge in [0, 0.05) is 11.3 Å². The summed E-state index contributed by atoms with van der Waals surface area (Å²) in [4.78, 5) is 7.16. The molecule has 0 saturated carbocycles. The van der Waals surface area contributed by atoms with E-state index in [1.165, 1.54) is 11.1 Å². The molecule has 0 aliphatic carbocycles. The summed E-state index contributed by atoms with van der Waals surface area (Å²) >= 11 is 0. The molecule has 0 saturated heterocycles. The van der Waals surface area contributed by atoms with Crippen LogP contribution >= 0.6 is 0 Å². The fourth-order valence-electron chi connectivity index (χ4n) is 3.14. The van der Waals surface area contributed by atoms with Gasteiger partial charge in [0.1, 0.15) is 17.3 Å². The highest BCUT2D eigenvalue weighted by atomic mass is 16.5. The molecule has 1 aliphatic rings. The van der Waals surface area contributed by atoms with Gasteiger partial charge in [-0.05, 0) is 54.1 Å². The van der Waals surface area contributed by atoms with E-state index < -0.39 is 0 Å². The van der Waals surface area contributed by atoms with E-state index in [4.69, 9.17) is 14.5 Å². The Balaban J connectivity index is 1.76. The van der Waals surface area contributed by atoms with Gasteiger partial charge in [-0.15, -0.1) is 0 Å². The molecule has 4 heteroatoms. The lowest BCUT2D eigenvalue weighted by Crippen LogP contribution is -2.23. The van der Waals surface area contributed by atoms with E-state index >= 15 is 0 Å². The zero-order chi connectivity index (χ0) is 17.9. The zero-order valence-electron chi connectivity index (χ0n) is 14.8. The van der Waals surface area contributed by atoms with Gasteiger partial charge >= 0.3 is 0 Å². The van der Waals surface area contributed by atoms with Crippen LogP contribution in [0.4, 0.5) is 11.4 Å². The molecule has 3 aromatic carbocycles. The second kappa shape index (κ2) is 6.92. The van der Waals surface area contributed by atoms with Crippen molar-refractivity contribution < 1.29 is 9.47 Å². The van der Waals surface area contributed by atoms with E-state index in [2.05, 4.69) is 41.3 Å². The number of rotatable bonds is 4. The highest BCUT2D eigenvalue weighted by Gasteiger charge is 2.26. The lowest BCUT2D eigenvalue weighted by molar-refractivity contribution is 0.415. The van der Waals surface area contributed by atoms with Gasteiger partial charge in [-0.1, -0.05) is 24.3 Å². The van der Waals surface area contributed by atoms with Crippen molar-refractivity contribution >= 4 is 17.2 Å². The fourth-order valence-corrected chi connectivity index (χ4v) is 3.14. The third kappa shape index (κ3) is 3.02. The molecule has 0 unspecified atom stereocenters. The Morgan fingerprint density at radius 1 is 0.769 bits per heavy atom. The van der Waals surface area contributed by atoms with Crippen molar-refractivity contribution in [2.75, 3.05) is 19.1 Å². The Hall–Kier alpha value is -3.27. The van der Waals surface area contributed by atoms with Crippen molar-refractivity contribution in [2.24, 2.45) is 4.99 Å². The van der Waals surface area contributed by atoms with Crippen LogP contribution < -0.4 is 14.4 Å². The summed E-state index contributed by atoms with van der Waals surface area (Å²) in [5, 5.41) is 0. The quantitative estimate of drug-likeness (QED) is 0.681. The lowest BCUT2D eigenvalue weighted by Gasteiger charge is -2.19. The number of methoxy groups -OCH3 is 2. The fraction of sp³-hybridized carbons (Fsp3) is 0.136. The van der Waals surface area contributed by atoms with Gasteiger partial charge in [0.25, 0.3) is 0 Å². The third-order valence-electron chi connectivity index (χ3n) is 4.53. The normalized spacial score (nSPS) is 14.4. The topological polar surface area (TPSA) is 34.1 Å². The van der Waals surface area contributed by atoms with Gasteiger partial charge in [-0.3, -0.25) is 0 Å². The number of hydrogen-bond acceptors (Lipinski definition) is 3. The molecular formula is C22H20N2O2. The van der Waals surface area contributed by atoms with Crippen LogP contribution in [-0.4, -0.2) is 20.1 Å². The van der Waals surface area contributed by atoms with Gasteiger partial charge < -0.3 is 14.4 Å². The summed E-state index contributed by atoms with van der Waals surface area (Å²) in [7, 11) is 3.34. The highest BCUT2D eigenvalue weighted by Crippen LogP contribution is 2.31. The smallest absolute Gasteiger partial charge is 0.141 e. The van der Waals surface area contributed by atoms with E-state index in [0.29, 0.717) is 0 Å². The van der Waals surface area contributed by atoms with E-state index in [1.807, 2.05) is 36.4 Å². The number of anilines is 1. The summed E-state index contributed by atoms with van der Waals surface area (Å²) in [5.74, 6) is 2.63. The number of benzene rings is 3. The van der Waals surface area contributed by atoms with Crippen molar-refractivity contribution in [1.82, 2.24) is 0 Å². The predicted molar refractivity (Wildman–Crippen MR) is 105 cm³/mol. The average Bonchev–Trinajstić information content (AvgIpc) is 3.07. The minimum Gasteiger partial charge on any atom is -0.497 e. The van der Waals surface area contributed by atoms with Crippen LogP contribution in [0.5, 0.6) is 11.5 Å². The molecule has 0 radical (unpaired) electrons. The Kier molecular flexibility index (Phi) is 4.32. The maximum atomic E-state index is 5.28. The molecule has 4 nitrogen and oxygen atoms in total. The Bertz CT molecular complexity index is 931. The molecule has 0 spiro atoms. The van der Waals surface area contributed by atoms with Gasteiger partial charge in [-0.2, -0.15) is 0 Å². The summed E-state index contributed by atoms with van der Waals surface area (Å²) in [6.07, 6.45) is 0. The Morgan fingerprint density at radius 3 is 2.04 bits per heavy atom. The predicted octanol–water partition coefficient (Wildman–Crippen LogP) is 4.80. The number of aliphatic imine (C=N–C) groups is 1. The van der Waals surface area contributed by atoms with Crippen molar-refractivity contribution in [3.8, 4) is 11.5 Å². The first-order chi connectivity index (χ1) is 12.8. The van der Waals surface area contributed by atoms with Gasteiger partial charge in [0.15, 0.2) is 0 Å². The molecule has 0 amide bonds. The maximum Gasteiger partial charge on any atom is 0.141 e. The van der Waals surface area contributed by atoms with Crippen molar-refractivity contribution in [3.63, 3.8) is 0 Å². The van der Waals surface area contributed by atoms with Gasteiger partial charge in [-0.25, -0.2) is 4.99 Å². The first kappa shape index (κ1) is 16.2. The van der Waals surface area contributed by atoms with Crippen molar-refractivity contribution in [3.05, 3.63) is 83.9 Å². The number of ether oxygens (including phenoxy) is 2. The average molecular weight is 344 g/mol. The summed E-state index contributed by atoms with van der Waals surface area (Å²) in [6, 6.07) is 24.3. The Morgan fingerprint density at radius 2 is 1.38 bits per heavy atom. The largest absolute Gasteiger partial charge is 0.497 e. The number of amidine groups is 1. The Labute approximate surface area is 153 Å². The number of nitrogens with zero attached hydrogens (tertiary/aromatic N) is 2. The molecule has 4 rings (SSSR count). The number of fused-ring (bicyclic) bond motifs is 1. The summed E-state index contributed by atoms with van der Waals surface area (Å²) in [6.45, 7) is 0.803. The van der Waals surface area contributed by atoms with Crippen molar-refractivity contribution in [2.45, 2.75) is 6.54 Å². The van der Waals surface area contributed by atoms with Crippen LogP contribution in [0.1, 0.15) is 11.1 Å². The molecule has 0 aromatic heterocycles. The molecule has 0 N–H and O–H groups in total. The van der Waals surface area contributed by atoms with Gasteiger partial charge in [0.2, 0.25) is 0 Å². The van der Waals surface area contributed by atoms with E-state index in [1.54, 1.807) is 14.2 Å². The monoisotopic (exact) mass is 344 g/mol. The second-order valence-electron chi connectivity index (χ2n) is 6.07. The number of hydrogen-bond donors (Lipinski definition) is 0. The van der Waals surface area contributed by atoms with Crippen LogP contribution in [-0.2, 0) is 6.54 Å². The molecule has 26 heavy (non-hydrogen) atoms. The van der Waals surface area contributed by atoms with Gasteiger partial charge in [0.05, 0.1) is 26.5 Å². The van der Waals surface area contributed by atoms with Crippen LogP contribution in [0, 0.1) is 0 Å². The van der Waals surface area contributed by atoms with Crippen LogP contribution in [0.3, 0.4) is 0 Å². The second-order valence-corrected chi connectivity index (χ2v) is 6.07. The van der Waals surface area contributed by atoms with Crippen LogP contribution in [0.15, 0.2) is 77.8 Å². The molecule has 0 fully saturated rings. The summed E-state index contributed by atoms with van der Waals surface area (Å²) in [5.41, 5.74) is 4.43. The maximum absolute atomic E-state index is 5.28. The first-order valence-electron chi connectivity index (χ1n) is 8.51. The summed E-state index contributed by atoms with van der Waals surface area (Å²) < 4.78 is 10.5. The van der Waals surface area contributed by atoms with E-state index in [-0.39, 0.29) is 0 Å². The first-order valence-corrected chi connectivity index (χ1v) is 8.51. The lowest BCUT2D eigenvalue weighted by atomic mass is 10.1. The highest BCUT2D eigenvalue weighted by molar-refractivity contribution is 6.14.